The van der Waals surface area contributed by atoms with Crippen LogP contribution in [-0.4, -0.2) is 36.1 Å². The number of hydrogen-bond donors (Lipinski definition) is 3. The molecule has 0 saturated carbocycles. The molecule has 3 N–H and O–H groups in total. The number of nitrogens with one attached hydrogen (secondary N) is 2. The third kappa shape index (κ3) is 5.55. The highest BCUT2D eigenvalue weighted by molar-refractivity contribution is 5.98. The lowest BCUT2D eigenvalue weighted by molar-refractivity contribution is -0.123. The molecule has 0 spiro atoms. The SMILES string of the molecule is Cc1ccccc1C(=O)NC(CC(C)C)C(=O)NCCO. The van der Waals surface area contributed by atoms with Gasteiger partial charge in [0, 0.05) is 12.1 Å². The van der Waals surface area contributed by atoms with E-state index in [0.29, 0.717) is 12.0 Å². The highest BCUT2D eigenvalue weighted by atomic mass is 16.3. The van der Waals surface area contributed by atoms with E-state index in [1.165, 1.54) is 0 Å². The average Bonchev–Trinajstić information content (AvgIpc) is 2.43. The Labute approximate surface area is 125 Å². The molecule has 21 heavy (non-hydrogen) atoms. The Hall–Kier alpha value is -1.88. The Morgan fingerprint density at radius 1 is 1.24 bits per heavy atom. The minimum Gasteiger partial charge on any atom is -0.395 e. The largest absolute Gasteiger partial charge is 0.395 e. The first kappa shape index (κ1) is 17.2. The molecule has 116 valence electrons. The molecule has 0 aliphatic rings. The third-order valence-corrected chi connectivity index (χ3v) is 3.13. The van der Waals surface area contributed by atoms with Crippen molar-refractivity contribution >= 4 is 11.8 Å². The lowest BCUT2D eigenvalue weighted by Crippen LogP contribution is -2.48. The topological polar surface area (TPSA) is 78.4 Å². The van der Waals surface area contributed by atoms with Crippen molar-refractivity contribution in [2.75, 3.05) is 13.2 Å². The van der Waals surface area contributed by atoms with Crippen molar-refractivity contribution in [2.24, 2.45) is 5.92 Å². The molecular weight excluding hydrogens is 268 g/mol. The number of amides is 2. The summed E-state index contributed by atoms with van der Waals surface area (Å²) in [5.41, 5.74) is 1.44. The van der Waals surface area contributed by atoms with Crippen molar-refractivity contribution in [1.29, 1.82) is 0 Å². The number of aliphatic hydroxyl groups is 1. The van der Waals surface area contributed by atoms with Crippen LogP contribution < -0.4 is 10.6 Å². The molecule has 0 fully saturated rings. The minimum atomic E-state index is -0.594. The van der Waals surface area contributed by atoms with Crippen LogP contribution >= 0.6 is 0 Å². The smallest absolute Gasteiger partial charge is 0.252 e. The van der Waals surface area contributed by atoms with Crippen LogP contribution in [0.25, 0.3) is 0 Å². The number of hydrogen-bond acceptors (Lipinski definition) is 3. The van der Waals surface area contributed by atoms with E-state index in [2.05, 4.69) is 10.6 Å². The molecule has 2 amide bonds. The van der Waals surface area contributed by atoms with Gasteiger partial charge in [-0.15, -0.1) is 0 Å². The van der Waals surface area contributed by atoms with Crippen LogP contribution in [-0.2, 0) is 4.79 Å². The monoisotopic (exact) mass is 292 g/mol. The van der Waals surface area contributed by atoms with E-state index >= 15 is 0 Å². The molecule has 0 radical (unpaired) electrons. The number of carbonyl (C=O) groups excluding carboxylic acids is 2. The van der Waals surface area contributed by atoms with Gasteiger partial charge in [-0.05, 0) is 30.9 Å². The number of aliphatic hydroxyl groups excluding tert-OH is 1. The Morgan fingerprint density at radius 3 is 2.48 bits per heavy atom. The number of benzene rings is 1. The summed E-state index contributed by atoms with van der Waals surface area (Å²) in [6.45, 7) is 5.91. The fourth-order valence-corrected chi connectivity index (χ4v) is 2.07. The van der Waals surface area contributed by atoms with Gasteiger partial charge in [0.25, 0.3) is 5.91 Å². The second-order valence-electron chi connectivity index (χ2n) is 5.49. The molecule has 0 bridgehead atoms. The van der Waals surface area contributed by atoms with Gasteiger partial charge in [-0.2, -0.15) is 0 Å². The number of carbonyl (C=O) groups is 2. The van der Waals surface area contributed by atoms with Crippen LogP contribution in [0.3, 0.4) is 0 Å². The highest BCUT2D eigenvalue weighted by Crippen LogP contribution is 2.10. The third-order valence-electron chi connectivity index (χ3n) is 3.13. The van der Waals surface area contributed by atoms with E-state index in [-0.39, 0.29) is 30.9 Å². The summed E-state index contributed by atoms with van der Waals surface area (Å²) in [4.78, 5) is 24.3. The molecule has 0 saturated heterocycles. The predicted octanol–water partition coefficient (Wildman–Crippen LogP) is 1.25. The maximum absolute atomic E-state index is 12.3. The minimum absolute atomic E-state index is 0.119. The van der Waals surface area contributed by atoms with Crippen molar-refractivity contribution in [3.05, 3.63) is 35.4 Å². The summed E-state index contributed by atoms with van der Waals surface area (Å²) < 4.78 is 0. The summed E-state index contributed by atoms with van der Waals surface area (Å²) in [5.74, 6) is -0.246. The van der Waals surface area contributed by atoms with Gasteiger partial charge in [-0.3, -0.25) is 9.59 Å². The Kier molecular flexibility index (Phi) is 6.88. The second kappa shape index (κ2) is 8.42. The summed E-state index contributed by atoms with van der Waals surface area (Å²) in [7, 11) is 0. The van der Waals surface area contributed by atoms with E-state index in [4.69, 9.17) is 5.11 Å². The van der Waals surface area contributed by atoms with Gasteiger partial charge in [0.1, 0.15) is 6.04 Å². The molecule has 0 heterocycles. The fourth-order valence-electron chi connectivity index (χ4n) is 2.07. The van der Waals surface area contributed by atoms with E-state index in [0.717, 1.165) is 5.56 Å². The predicted molar refractivity (Wildman–Crippen MR) is 82.0 cm³/mol. The van der Waals surface area contributed by atoms with Gasteiger partial charge >= 0.3 is 0 Å². The summed E-state index contributed by atoms with van der Waals surface area (Å²) in [6, 6.07) is 6.67. The van der Waals surface area contributed by atoms with Crippen molar-refractivity contribution in [2.45, 2.75) is 33.2 Å². The molecule has 5 heteroatoms. The zero-order chi connectivity index (χ0) is 15.8. The van der Waals surface area contributed by atoms with E-state index in [1.54, 1.807) is 12.1 Å². The van der Waals surface area contributed by atoms with Gasteiger partial charge in [-0.25, -0.2) is 0 Å². The maximum atomic E-state index is 12.3. The van der Waals surface area contributed by atoms with Crippen molar-refractivity contribution in [3.8, 4) is 0 Å². The van der Waals surface area contributed by atoms with E-state index in [1.807, 2.05) is 32.9 Å². The first-order chi connectivity index (χ1) is 9.95. The number of rotatable bonds is 7. The molecule has 1 aromatic carbocycles. The van der Waals surface area contributed by atoms with Gasteiger partial charge in [0.15, 0.2) is 0 Å². The Bertz CT molecular complexity index is 486. The van der Waals surface area contributed by atoms with E-state index in [9.17, 15) is 9.59 Å². The highest BCUT2D eigenvalue weighted by Gasteiger charge is 2.22. The molecule has 1 rings (SSSR count). The molecule has 5 nitrogen and oxygen atoms in total. The van der Waals surface area contributed by atoms with Gasteiger partial charge in [0.05, 0.1) is 6.61 Å². The van der Waals surface area contributed by atoms with Crippen LogP contribution in [0.2, 0.25) is 0 Å². The second-order valence-corrected chi connectivity index (χ2v) is 5.49. The van der Waals surface area contributed by atoms with Crippen LogP contribution in [0.15, 0.2) is 24.3 Å². The normalized spacial score (nSPS) is 12.0. The van der Waals surface area contributed by atoms with Crippen molar-refractivity contribution < 1.29 is 14.7 Å². The van der Waals surface area contributed by atoms with Crippen molar-refractivity contribution in [1.82, 2.24) is 10.6 Å². The molecule has 1 unspecified atom stereocenters. The zero-order valence-corrected chi connectivity index (χ0v) is 12.8. The van der Waals surface area contributed by atoms with Crippen LogP contribution in [0, 0.1) is 12.8 Å². The number of aryl methyl sites for hydroxylation is 1. The van der Waals surface area contributed by atoms with Crippen LogP contribution in [0.1, 0.15) is 36.2 Å². The maximum Gasteiger partial charge on any atom is 0.252 e. The molecule has 1 atom stereocenters. The zero-order valence-electron chi connectivity index (χ0n) is 12.8. The Morgan fingerprint density at radius 2 is 1.90 bits per heavy atom. The summed E-state index contributed by atoms with van der Waals surface area (Å²) in [5, 5.41) is 14.2. The fraction of sp³-hybridized carbons (Fsp3) is 0.500. The first-order valence-corrected chi connectivity index (χ1v) is 7.20. The first-order valence-electron chi connectivity index (χ1n) is 7.20. The average molecular weight is 292 g/mol. The quantitative estimate of drug-likeness (QED) is 0.707. The lowest BCUT2D eigenvalue weighted by Gasteiger charge is -2.20. The van der Waals surface area contributed by atoms with Gasteiger partial charge < -0.3 is 15.7 Å². The lowest BCUT2D eigenvalue weighted by atomic mass is 10.0. The summed E-state index contributed by atoms with van der Waals surface area (Å²) >= 11 is 0. The van der Waals surface area contributed by atoms with Gasteiger partial charge in [0.2, 0.25) is 5.91 Å². The van der Waals surface area contributed by atoms with Gasteiger partial charge in [-0.1, -0.05) is 32.0 Å². The van der Waals surface area contributed by atoms with Crippen LogP contribution in [0.5, 0.6) is 0 Å². The molecule has 0 aromatic heterocycles. The van der Waals surface area contributed by atoms with Crippen LogP contribution in [0.4, 0.5) is 0 Å². The molecule has 0 aliphatic heterocycles. The molecular formula is C16H24N2O3. The standard InChI is InChI=1S/C16H24N2O3/c1-11(2)10-14(16(21)17-8-9-19)18-15(20)13-7-5-4-6-12(13)3/h4-7,11,14,19H,8-10H2,1-3H3,(H,17,21)(H,18,20). The van der Waals surface area contributed by atoms with E-state index < -0.39 is 6.04 Å². The molecule has 0 aliphatic carbocycles. The Balaban J connectivity index is 2.78. The van der Waals surface area contributed by atoms with Crippen molar-refractivity contribution in [3.63, 3.8) is 0 Å². The summed E-state index contributed by atoms with van der Waals surface area (Å²) in [6.07, 6.45) is 0.550. The molecule has 1 aromatic rings.